The molecule has 0 saturated carbocycles. The van der Waals surface area contributed by atoms with Crippen molar-refractivity contribution in [2.75, 3.05) is 13.7 Å². The number of amides is 2. The zero-order valence-electron chi connectivity index (χ0n) is 10.2. The average Bonchev–Trinajstić information content (AvgIpc) is 2.72. The van der Waals surface area contributed by atoms with Gasteiger partial charge in [-0.05, 0) is 0 Å². The van der Waals surface area contributed by atoms with Crippen molar-refractivity contribution in [3.8, 4) is 0 Å². The lowest BCUT2D eigenvalue weighted by Crippen LogP contribution is -2.65. The molecule has 1 fully saturated rings. The summed E-state index contributed by atoms with van der Waals surface area (Å²) in [6, 6.07) is -1.17. The summed E-state index contributed by atoms with van der Waals surface area (Å²) in [5.41, 5.74) is 0. The van der Waals surface area contributed by atoms with Crippen LogP contribution in [0.4, 0.5) is 0 Å². The van der Waals surface area contributed by atoms with E-state index in [1.807, 2.05) is 0 Å². The molecule has 3 N–H and O–H groups in total. The molecule has 0 aromatic heterocycles. The molecule has 106 valence electrons. The van der Waals surface area contributed by atoms with E-state index in [0.29, 0.717) is 0 Å². The molecule has 19 heavy (non-hydrogen) atoms. The molecule has 0 bridgehead atoms. The Morgan fingerprint density at radius 3 is 2.32 bits per heavy atom. The van der Waals surface area contributed by atoms with Gasteiger partial charge in [0.05, 0.1) is 6.61 Å². The lowest BCUT2D eigenvalue weighted by atomic mass is 9.96. The second kappa shape index (κ2) is 5.35. The van der Waals surface area contributed by atoms with E-state index < -0.39 is 49.1 Å². The van der Waals surface area contributed by atoms with Crippen molar-refractivity contribution >= 4 is 11.8 Å². The molecule has 0 aromatic rings. The van der Waals surface area contributed by atoms with E-state index in [1.54, 1.807) is 0 Å². The van der Waals surface area contributed by atoms with Crippen molar-refractivity contribution in [3.05, 3.63) is 12.2 Å². The third-order valence-corrected chi connectivity index (χ3v) is 3.22. The van der Waals surface area contributed by atoms with E-state index in [4.69, 9.17) is 14.6 Å². The number of carbonyl (C=O) groups is 2. The van der Waals surface area contributed by atoms with E-state index in [1.165, 1.54) is 7.11 Å². The van der Waals surface area contributed by atoms with E-state index >= 15 is 0 Å². The molecule has 2 rings (SSSR count). The van der Waals surface area contributed by atoms with Crippen LogP contribution in [0.5, 0.6) is 0 Å². The maximum atomic E-state index is 11.6. The summed E-state index contributed by atoms with van der Waals surface area (Å²) in [5, 5.41) is 28.9. The van der Waals surface area contributed by atoms with E-state index in [2.05, 4.69) is 0 Å². The van der Waals surface area contributed by atoms with Gasteiger partial charge in [0.2, 0.25) is 0 Å². The lowest BCUT2D eigenvalue weighted by molar-refractivity contribution is -0.275. The molecule has 2 aliphatic heterocycles. The summed E-state index contributed by atoms with van der Waals surface area (Å²) in [7, 11) is 1.27. The zero-order valence-corrected chi connectivity index (χ0v) is 10.2. The average molecular weight is 273 g/mol. The smallest absolute Gasteiger partial charge is 0.254 e. The number of imide groups is 1. The Balaban J connectivity index is 2.27. The van der Waals surface area contributed by atoms with Gasteiger partial charge in [-0.1, -0.05) is 0 Å². The van der Waals surface area contributed by atoms with Crippen molar-refractivity contribution in [2.24, 2.45) is 0 Å². The molecule has 2 amide bonds. The summed E-state index contributed by atoms with van der Waals surface area (Å²) >= 11 is 0. The fourth-order valence-electron chi connectivity index (χ4n) is 2.24. The summed E-state index contributed by atoms with van der Waals surface area (Å²) in [5.74, 6) is -1.23. The molecule has 1 saturated heterocycles. The minimum atomic E-state index is -1.47. The van der Waals surface area contributed by atoms with E-state index in [-0.39, 0.29) is 0 Å². The van der Waals surface area contributed by atoms with E-state index in [0.717, 1.165) is 17.1 Å². The van der Waals surface area contributed by atoms with Crippen LogP contribution in [0.1, 0.15) is 0 Å². The number of methoxy groups -OCH3 is 1. The number of hydrogen-bond donors (Lipinski definition) is 3. The van der Waals surface area contributed by atoms with Crippen LogP contribution < -0.4 is 0 Å². The highest BCUT2D eigenvalue weighted by molar-refractivity contribution is 6.13. The molecular formula is C11H15NO7. The quantitative estimate of drug-likeness (QED) is 0.481. The third-order valence-electron chi connectivity index (χ3n) is 3.22. The fourth-order valence-corrected chi connectivity index (χ4v) is 2.24. The molecule has 5 atom stereocenters. The minimum absolute atomic E-state index is 0.523. The van der Waals surface area contributed by atoms with Crippen molar-refractivity contribution in [1.29, 1.82) is 0 Å². The fraction of sp³-hybridized carbons (Fsp3) is 0.636. The van der Waals surface area contributed by atoms with Crippen LogP contribution in [0, 0.1) is 0 Å². The van der Waals surface area contributed by atoms with Gasteiger partial charge in [-0.2, -0.15) is 0 Å². The van der Waals surface area contributed by atoms with Crippen molar-refractivity contribution in [2.45, 2.75) is 30.6 Å². The number of rotatable bonds is 3. The molecule has 1 unspecified atom stereocenters. The topological polar surface area (TPSA) is 117 Å². The molecule has 0 radical (unpaired) electrons. The summed E-state index contributed by atoms with van der Waals surface area (Å²) in [4.78, 5) is 24.0. The first kappa shape index (κ1) is 14.1. The highest BCUT2D eigenvalue weighted by atomic mass is 16.7. The van der Waals surface area contributed by atoms with E-state index in [9.17, 15) is 19.8 Å². The Morgan fingerprint density at radius 1 is 1.26 bits per heavy atom. The third kappa shape index (κ3) is 2.28. The van der Waals surface area contributed by atoms with Crippen LogP contribution in [-0.4, -0.2) is 76.4 Å². The summed E-state index contributed by atoms with van der Waals surface area (Å²) in [6.45, 7) is -0.523. The number of aliphatic hydroxyl groups excluding tert-OH is 3. The standard InChI is InChI=1S/C11H15NO7/c1-18-11-8(12-6(14)2-3-7(12)15)10(17)9(16)5(4-13)19-11/h2-3,5,8-11,13,16-17H,4H2,1H3/t5-,8+,9+,10-,11?/m1/s1. The van der Waals surface area contributed by atoms with Crippen LogP contribution >= 0.6 is 0 Å². The van der Waals surface area contributed by atoms with Crippen LogP contribution in [0.3, 0.4) is 0 Å². The van der Waals surface area contributed by atoms with Gasteiger partial charge in [-0.25, -0.2) is 0 Å². The van der Waals surface area contributed by atoms with Crippen molar-refractivity contribution in [1.82, 2.24) is 4.90 Å². The van der Waals surface area contributed by atoms with Gasteiger partial charge in [0.25, 0.3) is 11.8 Å². The number of carbonyl (C=O) groups excluding carboxylic acids is 2. The van der Waals surface area contributed by atoms with Crippen molar-refractivity contribution < 1.29 is 34.4 Å². The Bertz CT molecular complexity index is 390. The van der Waals surface area contributed by atoms with Crippen LogP contribution in [0.25, 0.3) is 0 Å². The van der Waals surface area contributed by atoms with Gasteiger partial charge in [-0.15, -0.1) is 0 Å². The molecule has 2 aliphatic rings. The number of nitrogens with zero attached hydrogens (tertiary/aromatic N) is 1. The van der Waals surface area contributed by atoms with Crippen LogP contribution in [0.15, 0.2) is 12.2 Å². The molecule has 0 aromatic carbocycles. The Hall–Kier alpha value is -1.32. The van der Waals surface area contributed by atoms with Crippen LogP contribution in [-0.2, 0) is 19.1 Å². The Morgan fingerprint density at radius 2 is 1.84 bits per heavy atom. The number of hydrogen-bond acceptors (Lipinski definition) is 7. The first-order chi connectivity index (χ1) is 9.01. The lowest BCUT2D eigenvalue weighted by Gasteiger charge is -2.44. The second-order valence-corrected chi connectivity index (χ2v) is 4.31. The summed E-state index contributed by atoms with van der Waals surface area (Å²) in [6.07, 6.45) is -2.94. The monoisotopic (exact) mass is 273 g/mol. The van der Waals surface area contributed by atoms with Gasteiger partial charge in [0.15, 0.2) is 6.29 Å². The molecular weight excluding hydrogens is 258 g/mol. The van der Waals surface area contributed by atoms with Gasteiger partial charge in [0.1, 0.15) is 24.4 Å². The summed E-state index contributed by atoms with van der Waals surface area (Å²) < 4.78 is 10.2. The molecule has 0 spiro atoms. The maximum absolute atomic E-state index is 11.6. The Kier molecular flexibility index (Phi) is 3.97. The minimum Gasteiger partial charge on any atom is -0.394 e. The molecule has 2 heterocycles. The first-order valence-electron chi connectivity index (χ1n) is 5.71. The predicted molar refractivity (Wildman–Crippen MR) is 59.6 cm³/mol. The van der Waals surface area contributed by atoms with Gasteiger partial charge in [-0.3, -0.25) is 14.5 Å². The maximum Gasteiger partial charge on any atom is 0.254 e. The van der Waals surface area contributed by atoms with Gasteiger partial charge in [0, 0.05) is 19.3 Å². The van der Waals surface area contributed by atoms with Crippen molar-refractivity contribution in [3.63, 3.8) is 0 Å². The molecule has 8 heteroatoms. The molecule has 0 aliphatic carbocycles. The number of aliphatic hydroxyl groups is 3. The second-order valence-electron chi connectivity index (χ2n) is 4.31. The Labute approximate surface area is 108 Å². The highest BCUT2D eigenvalue weighted by Gasteiger charge is 2.50. The van der Waals surface area contributed by atoms with Gasteiger partial charge < -0.3 is 24.8 Å². The SMILES string of the molecule is COC1O[C@H](CO)[C@H](O)[C@H](O)[C@@H]1N1C(=O)C=CC1=O. The predicted octanol–water partition coefficient (Wildman–Crippen LogP) is -2.63. The first-order valence-corrected chi connectivity index (χ1v) is 5.71. The number of ether oxygens (including phenoxy) is 2. The zero-order chi connectivity index (χ0) is 14.2. The van der Waals surface area contributed by atoms with Crippen LogP contribution in [0.2, 0.25) is 0 Å². The largest absolute Gasteiger partial charge is 0.394 e. The normalized spacial score (nSPS) is 39.2. The molecule has 8 nitrogen and oxygen atoms in total. The van der Waals surface area contributed by atoms with Gasteiger partial charge >= 0.3 is 0 Å². The highest BCUT2D eigenvalue weighted by Crippen LogP contribution is 2.27.